The fourth-order valence-corrected chi connectivity index (χ4v) is 1.89. The van der Waals surface area contributed by atoms with E-state index < -0.39 is 11.0 Å². The zero-order valence-corrected chi connectivity index (χ0v) is 12.0. The average Bonchev–Trinajstić information content (AvgIpc) is 2.36. The molecule has 1 aliphatic heterocycles. The zero-order chi connectivity index (χ0) is 14.0. The van der Waals surface area contributed by atoms with Gasteiger partial charge in [-0.3, -0.25) is 9.59 Å². The molecule has 4 heteroatoms. The van der Waals surface area contributed by atoms with Crippen LogP contribution in [0.25, 0.3) is 0 Å². The van der Waals surface area contributed by atoms with Crippen LogP contribution in [0, 0.1) is 5.41 Å². The Morgan fingerprint density at radius 3 is 2.67 bits per heavy atom. The Balaban J connectivity index is 2.67. The van der Waals surface area contributed by atoms with Crippen molar-refractivity contribution >= 4 is 11.9 Å². The van der Waals surface area contributed by atoms with E-state index in [9.17, 15) is 9.59 Å². The van der Waals surface area contributed by atoms with Crippen molar-refractivity contribution in [3.8, 4) is 0 Å². The maximum Gasteiger partial charge on any atom is 0.311 e. The Morgan fingerprint density at radius 1 is 1.50 bits per heavy atom. The fraction of sp³-hybridized carbons (Fsp3) is 0.857. The van der Waals surface area contributed by atoms with E-state index >= 15 is 0 Å². The maximum absolute atomic E-state index is 12.0. The average molecular weight is 256 g/mol. The first-order chi connectivity index (χ1) is 8.16. The Kier molecular flexibility index (Phi) is 4.41. The molecule has 18 heavy (non-hydrogen) atoms. The Hall–Kier alpha value is -1.06. The number of carbonyl (C=O) groups is 2. The first-order valence-electron chi connectivity index (χ1n) is 6.59. The van der Waals surface area contributed by atoms with Gasteiger partial charge in [-0.1, -0.05) is 6.92 Å². The molecular formula is C14H24O4. The number of esters is 2. The molecule has 1 fully saturated rings. The zero-order valence-electron chi connectivity index (χ0n) is 12.0. The lowest BCUT2D eigenvalue weighted by molar-refractivity contribution is -0.163. The SMILES string of the molecule is CCC(C)(C)C(=O)OC1CCC(=O)OC(C)(C)C1. The third-order valence-corrected chi connectivity index (χ3v) is 3.49. The second kappa shape index (κ2) is 5.29. The van der Waals surface area contributed by atoms with E-state index in [2.05, 4.69) is 0 Å². The van der Waals surface area contributed by atoms with Crippen molar-refractivity contribution in [3.05, 3.63) is 0 Å². The Morgan fingerprint density at radius 2 is 2.11 bits per heavy atom. The smallest absolute Gasteiger partial charge is 0.311 e. The number of cyclic esters (lactones) is 1. The van der Waals surface area contributed by atoms with Gasteiger partial charge in [-0.15, -0.1) is 0 Å². The Bertz CT molecular complexity index is 331. The minimum atomic E-state index is -0.561. The summed E-state index contributed by atoms with van der Waals surface area (Å²) >= 11 is 0. The quantitative estimate of drug-likeness (QED) is 0.729. The number of carbonyl (C=O) groups excluding carboxylic acids is 2. The van der Waals surface area contributed by atoms with Crippen molar-refractivity contribution in [2.45, 2.75) is 72.0 Å². The van der Waals surface area contributed by atoms with Gasteiger partial charge >= 0.3 is 11.9 Å². The van der Waals surface area contributed by atoms with Crippen LogP contribution in [0.15, 0.2) is 0 Å². The van der Waals surface area contributed by atoms with Gasteiger partial charge in [0, 0.05) is 12.8 Å². The van der Waals surface area contributed by atoms with Crippen LogP contribution < -0.4 is 0 Å². The molecule has 1 rings (SSSR count). The molecule has 1 heterocycles. The lowest BCUT2D eigenvalue weighted by Crippen LogP contribution is -2.34. The third kappa shape index (κ3) is 4.00. The normalized spacial score (nSPS) is 24.1. The van der Waals surface area contributed by atoms with Crippen LogP contribution in [0.2, 0.25) is 0 Å². The summed E-state index contributed by atoms with van der Waals surface area (Å²) in [6, 6.07) is 0. The van der Waals surface area contributed by atoms with Crippen LogP contribution in [0.1, 0.15) is 60.3 Å². The van der Waals surface area contributed by atoms with Gasteiger partial charge in [-0.05, 0) is 40.5 Å². The van der Waals surface area contributed by atoms with Crippen LogP contribution in [0.3, 0.4) is 0 Å². The molecule has 0 aromatic rings. The highest BCUT2D eigenvalue weighted by atomic mass is 16.6. The van der Waals surface area contributed by atoms with Crippen LogP contribution in [-0.2, 0) is 19.1 Å². The van der Waals surface area contributed by atoms with Crippen LogP contribution >= 0.6 is 0 Å². The molecule has 104 valence electrons. The lowest BCUT2D eigenvalue weighted by atomic mass is 9.90. The highest BCUT2D eigenvalue weighted by Crippen LogP contribution is 2.29. The number of ether oxygens (including phenoxy) is 2. The first kappa shape index (κ1) is 15.0. The van der Waals surface area contributed by atoms with Crippen molar-refractivity contribution in [1.29, 1.82) is 0 Å². The van der Waals surface area contributed by atoms with E-state index in [-0.39, 0.29) is 18.0 Å². The largest absolute Gasteiger partial charge is 0.462 e. The summed E-state index contributed by atoms with van der Waals surface area (Å²) in [6.07, 6.45) is 1.92. The number of hydrogen-bond donors (Lipinski definition) is 0. The molecule has 0 aromatic carbocycles. The van der Waals surface area contributed by atoms with Gasteiger partial charge in [0.2, 0.25) is 0 Å². The molecule has 0 N–H and O–H groups in total. The molecule has 0 amide bonds. The van der Waals surface area contributed by atoms with Gasteiger partial charge in [0.1, 0.15) is 11.7 Å². The monoisotopic (exact) mass is 256 g/mol. The summed E-state index contributed by atoms with van der Waals surface area (Å²) in [5.74, 6) is -0.409. The topological polar surface area (TPSA) is 52.6 Å². The second-order valence-corrected chi connectivity index (χ2v) is 6.24. The van der Waals surface area contributed by atoms with Crippen LogP contribution in [0.4, 0.5) is 0 Å². The minimum absolute atomic E-state index is 0.194. The van der Waals surface area contributed by atoms with Crippen molar-refractivity contribution in [1.82, 2.24) is 0 Å². The molecule has 1 unspecified atom stereocenters. The number of rotatable bonds is 3. The van der Waals surface area contributed by atoms with E-state index in [4.69, 9.17) is 9.47 Å². The molecule has 4 nitrogen and oxygen atoms in total. The highest BCUT2D eigenvalue weighted by molar-refractivity contribution is 5.76. The molecule has 0 bridgehead atoms. The molecule has 0 aliphatic carbocycles. The molecule has 1 saturated heterocycles. The standard InChI is InChI=1S/C14H24O4/c1-6-13(2,3)12(16)17-10-7-8-11(15)18-14(4,5)9-10/h10H,6-9H2,1-5H3. The second-order valence-electron chi connectivity index (χ2n) is 6.24. The summed E-state index contributed by atoms with van der Waals surface area (Å²) in [6.45, 7) is 9.41. The predicted molar refractivity (Wildman–Crippen MR) is 68.0 cm³/mol. The minimum Gasteiger partial charge on any atom is -0.462 e. The molecule has 0 saturated carbocycles. The summed E-state index contributed by atoms with van der Waals surface area (Å²) in [7, 11) is 0. The van der Waals surface area contributed by atoms with Crippen molar-refractivity contribution in [2.75, 3.05) is 0 Å². The predicted octanol–water partition coefficient (Wildman–Crippen LogP) is 2.84. The van der Waals surface area contributed by atoms with E-state index in [1.54, 1.807) is 0 Å². The van der Waals surface area contributed by atoms with Gasteiger partial charge in [0.05, 0.1) is 5.41 Å². The molecule has 0 radical (unpaired) electrons. The molecule has 1 atom stereocenters. The fourth-order valence-electron chi connectivity index (χ4n) is 1.89. The van der Waals surface area contributed by atoms with Crippen LogP contribution in [-0.4, -0.2) is 23.6 Å². The lowest BCUT2D eigenvalue weighted by Gasteiger charge is -2.28. The van der Waals surface area contributed by atoms with Crippen LogP contribution in [0.5, 0.6) is 0 Å². The third-order valence-electron chi connectivity index (χ3n) is 3.49. The molecule has 1 aliphatic rings. The van der Waals surface area contributed by atoms with Gasteiger partial charge in [0.15, 0.2) is 0 Å². The van der Waals surface area contributed by atoms with Crippen molar-refractivity contribution in [3.63, 3.8) is 0 Å². The summed E-state index contributed by atoms with van der Waals surface area (Å²) in [5, 5.41) is 0. The van der Waals surface area contributed by atoms with E-state index in [0.717, 1.165) is 6.42 Å². The van der Waals surface area contributed by atoms with Gasteiger partial charge in [-0.25, -0.2) is 0 Å². The van der Waals surface area contributed by atoms with E-state index in [0.29, 0.717) is 19.3 Å². The van der Waals surface area contributed by atoms with Crippen molar-refractivity contribution in [2.24, 2.45) is 5.41 Å². The first-order valence-corrected chi connectivity index (χ1v) is 6.59. The molecular weight excluding hydrogens is 232 g/mol. The van der Waals surface area contributed by atoms with Gasteiger partial charge in [0.25, 0.3) is 0 Å². The summed E-state index contributed by atoms with van der Waals surface area (Å²) in [4.78, 5) is 23.4. The van der Waals surface area contributed by atoms with Gasteiger partial charge in [-0.2, -0.15) is 0 Å². The number of hydrogen-bond acceptors (Lipinski definition) is 4. The van der Waals surface area contributed by atoms with E-state index in [1.807, 2.05) is 34.6 Å². The highest BCUT2D eigenvalue weighted by Gasteiger charge is 2.36. The molecule has 0 aromatic heterocycles. The summed E-state index contributed by atoms with van der Waals surface area (Å²) in [5.41, 5.74) is -1.03. The van der Waals surface area contributed by atoms with Gasteiger partial charge < -0.3 is 9.47 Å². The molecule has 0 spiro atoms. The van der Waals surface area contributed by atoms with E-state index in [1.165, 1.54) is 0 Å². The summed E-state index contributed by atoms with van der Waals surface area (Å²) < 4.78 is 10.8. The Labute approximate surface area is 109 Å². The maximum atomic E-state index is 12.0. The van der Waals surface area contributed by atoms with Crippen molar-refractivity contribution < 1.29 is 19.1 Å².